The molecular weight excluding hydrogens is 306 g/mol. The molecule has 3 rings (SSSR count). The van der Waals surface area contributed by atoms with Gasteiger partial charge >= 0.3 is 6.03 Å². The molecule has 1 unspecified atom stereocenters. The van der Waals surface area contributed by atoms with E-state index in [9.17, 15) is 9.59 Å². The largest absolute Gasteiger partial charge is 0.376 e. The van der Waals surface area contributed by atoms with E-state index < -0.39 is 0 Å². The van der Waals surface area contributed by atoms with Gasteiger partial charge in [-0.25, -0.2) is 4.79 Å². The SMILES string of the molecule is O=C(NCC1CCCO1)C1CCN(C(=O)Nc2ccccc2)CC1. The van der Waals surface area contributed by atoms with Crippen LogP contribution in [0.4, 0.5) is 10.5 Å². The van der Waals surface area contributed by atoms with E-state index in [1.165, 1.54) is 0 Å². The maximum atomic E-state index is 12.2. The monoisotopic (exact) mass is 331 g/mol. The number of nitrogens with zero attached hydrogens (tertiary/aromatic N) is 1. The van der Waals surface area contributed by atoms with Gasteiger partial charge in [-0.05, 0) is 37.8 Å². The van der Waals surface area contributed by atoms with Crippen LogP contribution in [-0.4, -0.2) is 49.2 Å². The summed E-state index contributed by atoms with van der Waals surface area (Å²) in [6.07, 6.45) is 3.69. The van der Waals surface area contributed by atoms with Gasteiger partial charge in [0.2, 0.25) is 5.91 Å². The second-order valence-corrected chi connectivity index (χ2v) is 6.44. The lowest BCUT2D eigenvalue weighted by Gasteiger charge is -2.31. The van der Waals surface area contributed by atoms with Crippen LogP contribution in [0.1, 0.15) is 25.7 Å². The van der Waals surface area contributed by atoms with Gasteiger partial charge in [0.15, 0.2) is 0 Å². The highest BCUT2D eigenvalue weighted by atomic mass is 16.5. The highest BCUT2D eigenvalue weighted by molar-refractivity contribution is 5.89. The Morgan fingerprint density at radius 1 is 1.12 bits per heavy atom. The number of ether oxygens (including phenoxy) is 1. The van der Waals surface area contributed by atoms with Gasteiger partial charge in [0, 0.05) is 37.8 Å². The van der Waals surface area contributed by atoms with Crippen molar-refractivity contribution in [2.75, 3.05) is 31.6 Å². The topological polar surface area (TPSA) is 70.7 Å². The van der Waals surface area contributed by atoms with Crippen molar-refractivity contribution in [3.8, 4) is 0 Å². The predicted molar refractivity (Wildman–Crippen MR) is 91.7 cm³/mol. The summed E-state index contributed by atoms with van der Waals surface area (Å²) in [6, 6.07) is 9.32. The van der Waals surface area contributed by atoms with Crippen LogP contribution in [0.5, 0.6) is 0 Å². The van der Waals surface area contributed by atoms with E-state index in [0.717, 1.165) is 25.1 Å². The van der Waals surface area contributed by atoms with Gasteiger partial charge in [0.1, 0.15) is 0 Å². The van der Waals surface area contributed by atoms with Crippen molar-refractivity contribution >= 4 is 17.6 Å². The van der Waals surface area contributed by atoms with Crippen LogP contribution >= 0.6 is 0 Å². The highest BCUT2D eigenvalue weighted by Gasteiger charge is 2.28. The lowest BCUT2D eigenvalue weighted by molar-refractivity contribution is -0.126. The van der Waals surface area contributed by atoms with Crippen molar-refractivity contribution in [2.24, 2.45) is 5.92 Å². The number of benzene rings is 1. The predicted octanol–water partition coefficient (Wildman–Crippen LogP) is 2.23. The standard InChI is InChI=1S/C18H25N3O3/c22-17(19-13-16-7-4-12-24-16)14-8-10-21(11-9-14)18(23)20-15-5-2-1-3-6-15/h1-3,5-6,14,16H,4,7-13H2,(H,19,22)(H,20,23). The summed E-state index contributed by atoms with van der Waals surface area (Å²) in [4.78, 5) is 26.3. The summed E-state index contributed by atoms with van der Waals surface area (Å²) in [5.41, 5.74) is 0.791. The molecule has 3 amide bonds. The third-order valence-corrected chi connectivity index (χ3v) is 4.71. The Hall–Kier alpha value is -2.08. The van der Waals surface area contributed by atoms with Gasteiger partial charge in [0.05, 0.1) is 6.10 Å². The number of nitrogens with one attached hydrogen (secondary N) is 2. The zero-order valence-corrected chi connectivity index (χ0v) is 13.9. The number of carbonyl (C=O) groups is 2. The average molecular weight is 331 g/mol. The number of piperidine rings is 1. The van der Waals surface area contributed by atoms with Crippen LogP contribution in [0.15, 0.2) is 30.3 Å². The summed E-state index contributed by atoms with van der Waals surface area (Å²) in [6.45, 7) is 2.62. The van der Waals surface area contributed by atoms with Crippen molar-refractivity contribution < 1.29 is 14.3 Å². The molecule has 2 heterocycles. The normalized spacial score (nSPS) is 21.5. The first-order chi connectivity index (χ1) is 11.7. The van der Waals surface area contributed by atoms with E-state index in [1.54, 1.807) is 4.90 Å². The molecule has 0 aliphatic carbocycles. The van der Waals surface area contributed by atoms with E-state index >= 15 is 0 Å². The molecule has 2 aliphatic heterocycles. The summed E-state index contributed by atoms with van der Waals surface area (Å²) in [5, 5.41) is 5.88. The van der Waals surface area contributed by atoms with Crippen molar-refractivity contribution in [1.82, 2.24) is 10.2 Å². The molecule has 24 heavy (non-hydrogen) atoms. The van der Waals surface area contributed by atoms with E-state index in [2.05, 4.69) is 10.6 Å². The fourth-order valence-electron chi connectivity index (χ4n) is 3.23. The summed E-state index contributed by atoms with van der Waals surface area (Å²) in [5.74, 6) is 0.0841. The van der Waals surface area contributed by atoms with E-state index in [4.69, 9.17) is 4.74 Å². The molecule has 2 saturated heterocycles. The highest BCUT2D eigenvalue weighted by Crippen LogP contribution is 2.19. The quantitative estimate of drug-likeness (QED) is 0.889. The van der Waals surface area contributed by atoms with Crippen molar-refractivity contribution in [1.29, 1.82) is 0 Å². The first-order valence-electron chi connectivity index (χ1n) is 8.72. The Morgan fingerprint density at radius 2 is 1.88 bits per heavy atom. The molecule has 6 nitrogen and oxygen atoms in total. The maximum absolute atomic E-state index is 12.2. The number of para-hydroxylation sites is 1. The second kappa shape index (κ2) is 8.15. The van der Waals surface area contributed by atoms with Crippen LogP contribution in [0.3, 0.4) is 0 Å². The van der Waals surface area contributed by atoms with Gasteiger partial charge < -0.3 is 20.3 Å². The Bertz CT molecular complexity index is 550. The second-order valence-electron chi connectivity index (χ2n) is 6.44. The van der Waals surface area contributed by atoms with Gasteiger partial charge in [-0.15, -0.1) is 0 Å². The van der Waals surface area contributed by atoms with Gasteiger partial charge in [-0.2, -0.15) is 0 Å². The number of rotatable bonds is 4. The molecule has 2 aliphatic rings. The fraction of sp³-hybridized carbons (Fsp3) is 0.556. The first-order valence-corrected chi connectivity index (χ1v) is 8.72. The summed E-state index contributed by atoms with van der Waals surface area (Å²) in [7, 11) is 0. The molecular formula is C18H25N3O3. The zero-order chi connectivity index (χ0) is 16.8. The zero-order valence-electron chi connectivity index (χ0n) is 13.9. The van der Waals surface area contributed by atoms with Crippen molar-refractivity contribution in [3.63, 3.8) is 0 Å². The molecule has 1 aromatic rings. The molecule has 1 aromatic carbocycles. The van der Waals surface area contributed by atoms with Crippen molar-refractivity contribution in [3.05, 3.63) is 30.3 Å². The molecule has 130 valence electrons. The number of likely N-dealkylation sites (tertiary alicyclic amines) is 1. The Balaban J connectivity index is 1.40. The Kier molecular flexibility index (Phi) is 5.69. The molecule has 0 bridgehead atoms. The van der Waals surface area contributed by atoms with Crippen LogP contribution in [0, 0.1) is 5.92 Å². The minimum Gasteiger partial charge on any atom is -0.376 e. The number of hydrogen-bond acceptors (Lipinski definition) is 3. The number of hydrogen-bond donors (Lipinski definition) is 2. The molecule has 0 spiro atoms. The lowest BCUT2D eigenvalue weighted by Crippen LogP contribution is -2.45. The average Bonchev–Trinajstić information content (AvgIpc) is 3.14. The number of amides is 3. The van der Waals surface area contributed by atoms with Crippen LogP contribution in [0.25, 0.3) is 0 Å². The molecule has 2 N–H and O–H groups in total. The van der Waals surface area contributed by atoms with Gasteiger partial charge in [-0.3, -0.25) is 4.79 Å². The molecule has 0 radical (unpaired) electrons. The molecule has 0 aromatic heterocycles. The molecule has 2 fully saturated rings. The third kappa shape index (κ3) is 4.47. The van der Waals surface area contributed by atoms with Crippen LogP contribution in [0.2, 0.25) is 0 Å². The minimum atomic E-state index is -0.0978. The lowest BCUT2D eigenvalue weighted by atomic mass is 9.96. The van der Waals surface area contributed by atoms with E-state index in [-0.39, 0.29) is 24.0 Å². The first kappa shape index (κ1) is 16.8. The van der Waals surface area contributed by atoms with Gasteiger partial charge in [-0.1, -0.05) is 18.2 Å². The van der Waals surface area contributed by atoms with Crippen LogP contribution < -0.4 is 10.6 Å². The van der Waals surface area contributed by atoms with Gasteiger partial charge in [0.25, 0.3) is 0 Å². The van der Waals surface area contributed by atoms with E-state index in [0.29, 0.717) is 32.5 Å². The molecule has 1 atom stereocenters. The van der Waals surface area contributed by atoms with E-state index in [1.807, 2.05) is 30.3 Å². The number of carbonyl (C=O) groups excluding carboxylic acids is 2. The number of urea groups is 1. The minimum absolute atomic E-state index is 0.00724. The smallest absolute Gasteiger partial charge is 0.321 e. The Labute approximate surface area is 142 Å². The molecule has 6 heteroatoms. The molecule has 0 saturated carbocycles. The fourth-order valence-corrected chi connectivity index (χ4v) is 3.23. The maximum Gasteiger partial charge on any atom is 0.321 e. The summed E-state index contributed by atoms with van der Waals surface area (Å²) < 4.78 is 5.52. The summed E-state index contributed by atoms with van der Waals surface area (Å²) >= 11 is 0. The third-order valence-electron chi connectivity index (χ3n) is 4.71. The number of anilines is 1. The Morgan fingerprint density at radius 3 is 2.54 bits per heavy atom. The van der Waals surface area contributed by atoms with Crippen LogP contribution in [-0.2, 0) is 9.53 Å². The van der Waals surface area contributed by atoms with Crippen molar-refractivity contribution in [2.45, 2.75) is 31.8 Å².